The van der Waals surface area contributed by atoms with E-state index in [0.717, 1.165) is 56.9 Å². The van der Waals surface area contributed by atoms with E-state index in [2.05, 4.69) is 32.8 Å². The van der Waals surface area contributed by atoms with E-state index in [1.807, 2.05) is 25.1 Å². The molecule has 5 fully saturated rings. The molecule has 0 aliphatic heterocycles. The van der Waals surface area contributed by atoms with E-state index in [4.69, 9.17) is 6.42 Å². The first-order valence-electron chi connectivity index (χ1n) is 18.6. The minimum absolute atomic E-state index is 0.00620. The predicted octanol–water partition coefficient (Wildman–Crippen LogP) is 5.42. The van der Waals surface area contributed by atoms with E-state index in [1.54, 1.807) is 12.2 Å². The number of aryl methyl sites for hydroxylation is 1. The molecule has 7 aliphatic carbocycles. The molecule has 5 N–H and O–H groups in total. The van der Waals surface area contributed by atoms with Crippen LogP contribution in [-0.4, -0.2) is 61.0 Å². The highest BCUT2D eigenvalue weighted by Crippen LogP contribution is 2.68. The highest BCUT2D eigenvalue weighted by atomic mass is 16.3. The molecule has 0 aromatic heterocycles. The van der Waals surface area contributed by atoms with Crippen LogP contribution in [0, 0.1) is 64.1 Å². The number of terminal acetylenes is 1. The Morgan fingerprint density at radius 1 is 1.00 bits per heavy atom. The second-order valence-corrected chi connectivity index (χ2v) is 17.5. The quantitative estimate of drug-likeness (QED) is 0.266. The van der Waals surface area contributed by atoms with Crippen LogP contribution in [-0.2, 0) is 16.0 Å². The van der Waals surface area contributed by atoms with Gasteiger partial charge < -0.3 is 25.5 Å². The van der Waals surface area contributed by atoms with Crippen molar-refractivity contribution >= 4 is 11.6 Å². The normalized spacial score (nSPS) is 47.5. The van der Waals surface area contributed by atoms with Crippen LogP contribution in [0.3, 0.4) is 0 Å². The first kappa shape index (κ1) is 34.7. The van der Waals surface area contributed by atoms with Crippen molar-refractivity contribution in [2.45, 2.75) is 115 Å². The van der Waals surface area contributed by atoms with Crippen LogP contribution in [0.5, 0.6) is 5.75 Å². The summed E-state index contributed by atoms with van der Waals surface area (Å²) in [6.07, 6.45) is 18.6. The Morgan fingerprint density at radius 3 is 2.43 bits per heavy atom. The molecule has 0 amide bonds. The number of phenols is 1. The van der Waals surface area contributed by atoms with Gasteiger partial charge in [0.25, 0.3) is 0 Å². The highest BCUT2D eigenvalue weighted by Gasteiger charge is 2.68. The largest absolute Gasteiger partial charge is 0.508 e. The van der Waals surface area contributed by atoms with Crippen LogP contribution in [0.2, 0.25) is 0 Å². The number of aromatic hydroxyl groups is 1. The van der Waals surface area contributed by atoms with Gasteiger partial charge in [0.15, 0.2) is 11.6 Å². The first-order chi connectivity index (χ1) is 23.1. The number of carbonyl (C=O) groups is 2. The maximum absolute atomic E-state index is 12.4. The molecule has 13 atom stereocenters. The van der Waals surface area contributed by atoms with Gasteiger partial charge >= 0.3 is 0 Å². The molecule has 7 heteroatoms. The van der Waals surface area contributed by atoms with E-state index >= 15 is 0 Å². The van der Waals surface area contributed by atoms with Crippen molar-refractivity contribution in [3.8, 4) is 18.1 Å². The number of ketones is 2. The Labute approximate surface area is 290 Å². The summed E-state index contributed by atoms with van der Waals surface area (Å²) in [6, 6.07) is 5.87. The fourth-order valence-corrected chi connectivity index (χ4v) is 13.2. The smallest absolute Gasteiger partial charge is 0.190 e. The van der Waals surface area contributed by atoms with Crippen molar-refractivity contribution in [2.24, 2.45) is 51.8 Å². The number of Topliss-reactive ketones (excluding diaryl/α,β-unsaturated/α-hetero) is 1. The average Bonchev–Trinajstić information content (AvgIpc) is 3.50. The van der Waals surface area contributed by atoms with Crippen molar-refractivity contribution in [3.63, 3.8) is 0 Å². The van der Waals surface area contributed by atoms with E-state index in [9.17, 15) is 35.1 Å². The molecule has 1 aromatic rings. The first-order valence-corrected chi connectivity index (χ1v) is 18.6. The second-order valence-electron chi connectivity index (χ2n) is 17.5. The fraction of sp³-hybridized carbons (Fsp3) is 0.667. The number of hydrogen-bond acceptors (Lipinski definition) is 7. The number of rotatable bonds is 2. The van der Waals surface area contributed by atoms with Crippen molar-refractivity contribution in [1.82, 2.24) is 0 Å². The van der Waals surface area contributed by atoms with E-state index in [0.29, 0.717) is 36.3 Å². The van der Waals surface area contributed by atoms with Crippen molar-refractivity contribution in [1.29, 1.82) is 0 Å². The van der Waals surface area contributed by atoms with Gasteiger partial charge in [-0.25, -0.2) is 0 Å². The third kappa shape index (κ3) is 4.76. The molecule has 0 saturated heterocycles. The Bertz CT molecular complexity index is 1650. The molecule has 5 saturated carbocycles. The summed E-state index contributed by atoms with van der Waals surface area (Å²) < 4.78 is 0. The van der Waals surface area contributed by atoms with Crippen LogP contribution in [0.1, 0.15) is 103 Å². The molecule has 7 nitrogen and oxygen atoms in total. The van der Waals surface area contributed by atoms with Gasteiger partial charge in [-0.3, -0.25) is 9.59 Å². The van der Waals surface area contributed by atoms with Crippen molar-refractivity contribution in [2.75, 3.05) is 6.61 Å². The SMILES string of the molecule is C#C[C@]1(O)CC[C@H]2[C@@H]3CCc4cc(O)ccc4[C@H]3CC[C@@]21C.C[C@H]1C[C@@H]2[C@H]([C@@H](O)C[C@@]3(C)[C@H]2CC[C@]3(O)C(=O)CO)[C@@]2(C)C=CC(=O)C=C12. The summed E-state index contributed by atoms with van der Waals surface area (Å²) in [6.45, 7) is 7.70. The molecule has 264 valence electrons. The third-order valence-corrected chi connectivity index (χ3v) is 15.7. The molecule has 0 heterocycles. The van der Waals surface area contributed by atoms with E-state index in [-0.39, 0.29) is 40.3 Å². The summed E-state index contributed by atoms with van der Waals surface area (Å²) in [7, 11) is 0. The Hall–Kier alpha value is -2.76. The van der Waals surface area contributed by atoms with E-state index in [1.165, 1.54) is 11.1 Å². The second kappa shape index (κ2) is 11.6. The lowest BCUT2D eigenvalue weighted by Gasteiger charge is -2.60. The molecular formula is C42H54O7. The van der Waals surface area contributed by atoms with Gasteiger partial charge in [0, 0.05) is 22.2 Å². The Kier molecular flexibility index (Phi) is 8.23. The molecule has 1 aromatic carbocycles. The van der Waals surface area contributed by atoms with Crippen LogP contribution in [0.25, 0.3) is 0 Å². The van der Waals surface area contributed by atoms with Crippen molar-refractivity contribution < 1.29 is 35.1 Å². The number of aliphatic hydroxyl groups excluding tert-OH is 2. The third-order valence-electron chi connectivity index (χ3n) is 15.7. The van der Waals surface area contributed by atoms with Gasteiger partial charge in [0.1, 0.15) is 23.6 Å². The van der Waals surface area contributed by atoms with Gasteiger partial charge in [0.05, 0.1) is 6.10 Å². The number of allylic oxidation sites excluding steroid dienone is 4. The standard InChI is InChI=1S/C22H30O5.C20H24O2/c1-12-8-14-15-5-7-22(27,18(26)11-23)21(15,3)10-17(25)19(14)20(2)6-4-13(24)9-16(12)20;1-3-20(22)11-9-18-17-6-4-13-12-14(21)5-7-15(13)16(17)8-10-19(18,20)2/h4,6,9,12,14-15,17,19,23,25,27H,5,7-8,10-11H2,1-3H3;1,5,7,12,16-18,21-22H,4,6,8-11H2,2H3/t12-,14-,15-,17-,19+,20-,21-,22-;16-,17-,18+,19+,20+/m01/s1. The molecular weight excluding hydrogens is 616 g/mol. The lowest BCUT2D eigenvalue weighted by atomic mass is 9.45. The number of carbonyl (C=O) groups excluding carboxylic acids is 2. The zero-order chi connectivity index (χ0) is 35.3. The highest BCUT2D eigenvalue weighted by molar-refractivity contribution is 6.01. The number of fused-ring (bicyclic) bond motifs is 10. The minimum atomic E-state index is -1.57. The van der Waals surface area contributed by atoms with Gasteiger partial charge in [-0.05, 0) is 135 Å². The minimum Gasteiger partial charge on any atom is -0.508 e. The van der Waals surface area contributed by atoms with Gasteiger partial charge in [0.2, 0.25) is 0 Å². The number of hydrogen-bond donors (Lipinski definition) is 5. The molecule has 0 unspecified atom stereocenters. The Balaban J connectivity index is 0.000000157. The van der Waals surface area contributed by atoms with Crippen LogP contribution in [0.4, 0.5) is 0 Å². The topological polar surface area (TPSA) is 135 Å². The fourth-order valence-electron chi connectivity index (χ4n) is 13.2. The number of benzene rings is 1. The summed E-state index contributed by atoms with van der Waals surface area (Å²) in [5.74, 6) is 4.74. The molecule has 49 heavy (non-hydrogen) atoms. The van der Waals surface area contributed by atoms with Crippen LogP contribution < -0.4 is 0 Å². The van der Waals surface area contributed by atoms with Gasteiger partial charge in [-0.1, -0.05) is 51.3 Å². The molecule has 8 rings (SSSR count). The average molecular weight is 671 g/mol. The zero-order valence-corrected chi connectivity index (χ0v) is 29.5. The maximum atomic E-state index is 12.4. The predicted molar refractivity (Wildman–Crippen MR) is 186 cm³/mol. The maximum Gasteiger partial charge on any atom is 0.190 e. The lowest BCUT2D eigenvalue weighted by molar-refractivity contribution is -0.180. The monoisotopic (exact) mass is 670 g/mol. The molecule has 0 bridgehead atoms. The Morgan fingerprint density at radius 2 is 1.71 bits per heavy atom. The lowest BCUT2D eigenvalue weighted by Crippen LogP contribution is -2.62. The van der Waals surface area contributed by atoms with Gasteiger partial charge in [-0.2, -0.15) is 0 Å². The summed E-state index contributed by atoms with van der Waals surface area (Å²) in [5, 5.41) is 52.5. The van der Waals surface area contributed by atoms with Crippen LogP contribution in [0.15, 0.2) is 42.0 Å². The van der Waals surface area contributed by atoms with E-state index < -0.39 is 35.1 Å². The number of aliphatic hydroxyl groups is 4. The van der Waals surface area contributed by atoms with Gasteiger partial charge in [-0.15, -0.1) is 6.42 Å². The zero-order valence-electron chi connectivity index (χ0n) is 29.5. The summed E-state index contributed by atoms with van der Waals surface area (Å²) in [4.78, 5) is 24.4. The molecule has 0 spiro atoms. The van der Waals surface area contributed by atoms with Crippen LogP contribution >= 0.6 is 0 Å². The molecule has 0 radical (unpaired) electrons. The summed E-state index contributed by atoms with van der Waals surface area (Å²) in [5.41, 5.74) is 0.102. The van der Waals surface area contributed by atoms with Crippen molar-refractivity contribution in [3.05, 3.63) is 53.1 Å². The molecule has 7 aliphatic rings. The number of phenolic OH excluding ortho intramolecular Hbond substituents is 1. The summed E-state index contributed by atoms with van der Waals surface area (Å²) >= 11 is 0.